The van der Waals surface area contributed by atoms with Crippen molar-refractivity contribution in [2.75, 3.05) is 24.6 Å². The molecule has 0 aromatic carbocycles. The van der Waals surface area contributed by atoms with Crippen molar-refractivity contribution >= 4 is 29.6 Å². The second kappa shape index (κ2) is 9.96. The number of hydrogen-bond donors (Lipinski definition) is 1. The second-order valence-electron chi connectivity index (χ2n) is 6.13. The van der Waals surface area contributed by atoms with E-state index in [2.05, 4.69) is 16.6 Å². The van der Waals surface area contributed by atoms with Crippen molar-refractivity contribution in [3.8, 4) is 0 Å². The molecular formula is C16H23F3N2O4S. The smallest absolute Gasteiger partial charge is 0.385 e. The van der Waals surface area contributed by atoms with Crippen LogP contribution in [0, 0.1) is 5.92 Å². The Morgan fingerprint density at radius 2 is 2.08 bits per heavy atom. The number of thioether (sulfide) groups is 1. The molecule has 0 spiro atoms. The zero-order valence-corrected chi connectivity index (χ0v) is 15.5. The lowest BCUT2D eigenvalue weighted by atomic mass is 10.1. The largest absolute Gasteiger partial charge is 0.491 e. The maximum absolute atomic E-state index is 12.3. The van der Waals surface area contributed by atoms with Crippen LogP contribution in [0.4, 0.5) is 13.2 Å². The number of ether oxygens (including phenoxy) is 1. The lowest BCUT2D eigenvalue weighted by Gasteiger charge is -2.22. The van der Waals surface area contributed by atoms with Gasteiger partial charge in [-0.05, 0) is 19.3 Å². The molecule has 1 rings (SSSR count). The van der Waals surface area contributed by atoms with E-state index in [1.165, 1.54) is 6.92 Å². The summed E-state index contributed by atoms with van der Waals surface area (Å²) in [5, 5.41) is 2.75. The maximum Gasteiger partial charge on any atom is 0.491 e. The number of nitrogens with one attached hydrogen (secondary N) is 1. The van der Waals surface area contributed by atoms with Crippen LogP contribution in [0.3, 0.4) is 0 Å². The monoisotopic (exact) mass is 396 g/mol. The molecule has 1 amide bonds. The van der Waals surface area contributed by atoms with Crippen LogP contribution in [0.2, 0.25) is 0 Å². The molecule has 26 heavy (non-hydrogen) atoms. The van der Waals surface area contributed by atoms with Gasteiger partial charge in [-0.15, -0.1) is 6.58 Å². The highest BCUT2D eigenvalue weighted by molar-refractivity contribution is 7.99. The number of alkyl halides is 3. The van der Waals surface area contributed by atoms with E-state index < -0.39 is 24.2 Å². The zero-order valence-electron chi connectivity index (χ0n) is 14.7. The Hall–Kier alpha value is -1.55. The highest BCUT2D eigenvalue weighted by atomic mass is 32.2. The summed E-state index contributed by atoms with van der Waals surface area (Å²) < 4.78 is 40.8. The predicted octanol–water partition coefficient (Wildman–Crippen LogP) is 1.75. The van der Waals surface area contributed by atoms with Crippen LogP contribution >= 0.6 is 11.8 Å². The Balaban J connectivity index is 2.53. The van der Waals surface area contributed by atoms with Crippen molar-refractivity contribution < 1.29 is 32.3 Å². The summed E-state index contributed by atoms with van der Waals surface area (Å²) in [7, 11) is 0. The molecule has 0 saturated carbocycles. The number of rotatable bonds is 8. The zero-order chi connectivity index (χ0) is 19.9. The fraction of sp³-hybridized carbons (Fsp3) is 0.688. The molecule has 1 N–H and O–H groups in total. The van der Waals surface area contributed by atoms with Gasteiger partial charge in [0.1, 0.15) is 6.04 Å². The van der Waals surface area contributed by atoms with E-state index in [1.807, 2.05) is 6.92 Å². The number of amides is 1. The topological polar surface area (TPSA) is 75.7 Å². The summed E-state index contributed by atoms with van der Waals surface area (Å²) in [6, 6.07) is -0.917. The Labute approximate surface area is 154 Å². The molecule has 1 saturated heterocycles. The molecule has 10 heteroatoms. The minimum absolute atomic E-state index is 0.0119. The van der Waals surface area contributed by atoms with Gasteiger partial charge in [0.25, 0.3) is 0 Å². The minimum atomic E-state index is -5.20. The van der Waals surface area contributed by atoms with E-state index in [9.17, 15) is 27.6 Å². The number of nitrogens with zero attached hydrogens (tertiary/aromatic N) is 1. The fourth-order valence-corrected chi connectivity index (χ4v) is 3.62. The Bertz CT molecular complexity index is 542. The first kappa shape index (κ1) is 22.5. The standard InChI is InChI=1S/C16H23F3N2O4S/c1-4-12-7-13(14(23)25-15(24)16(17,18)19)21(8-12)5-6-26-9-10(2)20-11(3)22/h4,10,12-13H,1,5-9H2,2-3H3,(H,20,22). The number of likely N-dealkylation sites (tertiary alicyclic amines) is 1. The summed E-state index contributed by atoms with van der Waals surface area (Å²) in [4.78, 5) is 35.5. The Morgan fingerprint density at radius 1 is 1.42 bits per heavy atom. The summed E-state index contributed by atoms with van der Waals surface area (Å²) in [5.41, 5.74) is 0. The summed E-state index contributed by atoms with van der Waals surface area (Å²) in [6.07, 6.45) is -3.30. The Morgan fingerprint density at radius 3 is 2.62 bits per heavy atom. The van der Waals surface area contributed by atoms with E-state index in [4.69, 9.17) is 0 Å². The number of halogens is 3. The van der Waals surface area contributed by atoms with Gasteiger partial charge < -0.3 is 10.1 Å². The normalized spacial score (nSPS) is 21.9. The molecular weight excluding hydrogens is 373 g/mol. The van der Waals surface area contributed by atoms with Crippen LogP contribution in [0.15, 0.2) is 12.7 Å². The molecule has 6 nitrogen and oxygen atoms in total. The van der Waals surface area contributed by atoms with Gasteiger partial charge in [-0.25, -0.2) is 9.59 Å². The summed E-state index contributed by atoms with van der Waals surface area (Å²) >= 11 is 1.55. The highest BCUT2D eigenvalue weighted by Crippen LogP contribution is 2.26. The van der Waals surface area contributed by atoms with E-state index in [0.717, 1.165) is 0 Å². The van der Waals surface area contributed by atoms with Crippen LogP contribution in [-0.2, 0) is 19.1 Å². The Kier molecular flexibility index (Phi) is 8.61. The lowest BCUT2D eigenvalue weighted by molar-refractivity contribution is -0.203. The third-order valence-corrected chi connectivity index (χ3v) is 5.01. The van der Waals surface area contributed by atoms with Crippen molar-refractivity contribution in [2.24, 2.45) is 5.92 Å². The van der Waals surface area contributed by atoms with Gasteiger partial charge >= 0.3 is 18.1 Å². The van der Waals surface area contributed by atoms with Crippen LogP contribution < -0.4 is 5.32 Å². The molecule has 148 valence electrons. The number of carbonyl (C=O) groups excluding carboxylic acids is 3. The first-order valence-corrected chi connectivity index (χ1v) is 9.24. The molecule has 3 atom stereocenters. The van der Waals surface area contributed by atoms with E-state index in [0.29, 0.717) is 24.6 Å². The first-order valence-electron chi connectivity index (χ1n) is 8.08. The number of carbonyl (C=O) groups is 3. The quantitative estimate of drug-likeness (QED) is 0.292. The van der Waals surface area contributed by atoms with Crippen LogP contribution in [-0.4, -0.2) is 65.6 Å². The van der Waals surface area contributed by atoms with Gasteiger partial charge in [0.05, 0.1) is 0 Å². The van der Waals surface area contributed by atoms with Crippen molar-refractivity contribution in [1.29, 1.82) is 0 Å². The van der Waals surface area contributed by atoms with E-state index in [1.54, 1.807) is 22.7 Å². The first-order chi connectivity index (χ1) is 12.0. The maximum atomic E-state index is 12.3. The number of esters is 2. The second-order valence-corrected chi connectivity index (χ2v) is 7.27. The molecule has 0 aromatic heterocycles. The third-order valence-electron chi connectivity index (χ3n) is 3.81. The highest BCUT2D eigenvalue weighted by Gasteiger charge is 2.45. The molecule has 1 aliphatic heterocycles. The molecule has 0 radical (unpaired) electrons. The molecule has 0 aliphatic carbocycles. The van der Waals surface area contributed by atoms with Crippen LogP contribution in [0.25, 0.3) is 0 Å². The van der Waals surface area contributed by atoms with Gasteiger partial charge in [0.15, 0.2) is 0 Å². The van der Waals surface area contributed by atoms with Crippen LogP contribution in [0.1, 0.15) is 20.3 Å². The SMILES string of the molecule is C=CC1CC(C(=O)OC(=O)C(F)(F)F)N(CCSCC(C)NC(C)=O)C1. The van der Waals surface area contributed by atoms with E-state index >= 15 is 0 Å². The van der Waals surface area contributed by atoms with Gasteiger partial charge in [0, 0.05) is 37.6 Å². The third kappa shape index (κ3) is 7.36. The summed E-state index contributed by atoms with van der Waals surface area (Å²) in [6.45, 7) is 7.85. The molecule has 1 aliphatic rings. The van der Waals surface area contributed by atoms with Gasteiger partial charge in [-0.2, -0.15) is 24.9 Å². The molecule has 0 aromatic rings. The van der Waals surface area contributed by atoms with Crippen LogP contribution in [0.5, 0.6) is 0 Å². The molecule has 1 heterocycles. The average Bonchev–Trinajstić information content (AvgIpc) is 2.93. The predicted molar refractivity (Wildman–Crippen MR) is 91.4 cm³/mol. The van der Waals surface area contributed by atoms with Crippen molar-refractivity contribution in [2.45, 2.75) is 38.5 Å². The van der Waals surface area contributed by atoms with Crippen molar-refractivity contribution in [1.82, 2.24) is 10.2 Å². The molecule has 3 unspecified atom stereocenters. The van der Waals surface area contributed by atoms with Gasteiger partial charge in [0.2, 0.25) is 5.91 Å². The number of hydrogen-bond acceptors (Lipinski definition) is 6. The lowest BCUT2D eigenvalue weighted by Crippen LogP contribution is -2.41. The van der Waals surface area contributed by atoms with Crippen molar-refractivity contribution in [3.05, 3.63) is 12.7 Å². The average molecular weight is 396 g/mol. The fourth-order valence-electron chi connectivity index (χ4n) is 2.65. The van der Waals surface area contributed by atoms with Gasteiger partial charge in [-0.3, -0.25) is 9.69 Å². The van der Waals surface area contributed by atoms with Crippen molar-refractivity contribution in [3.63, 3.8) is 0 Å². The molecule has 0 bridgehead atoms. The van der Waals surface area contributed by atoms with Gasteiger partial charge in [-0.1, -0.05) is 6.08 Å². The minimum Gasteiger partial charge on any atom is -0.385 e. The molecule has 1 fully saturated rings. The summed E-state index contributed by atoms with van der Waals surface area (Å²) in [5.74, 6) is -2.58. The van der Waals surface area contributed by atoms with E-state index in [-0.39, 0.29) is 24.3 Å².